The molecule has 0 amide bonds. The van der Waals surface area contributed by atoms with Crippen LogP contribution in [0.5, 0.6) is 11.8 Å². The smallest absolute Gasteiger partial charge is 0.418 e. The molecular formula is C28H25F4N11O4. The van der Waals surface area contributed by atoms with Gasteiger partial charge in [-0.2, -0.15) is 32.8 Å². The highest BCUT2D eigenvalue weighted by atomic mass is 19.4. The summed E-state index contributed by atoms with van der Waals surface area (Å²) in [6.07, 6.45) is -5.58. The lowest BCUT2D eigenvalue weighted by Crippen LogP contribution is -2.10. The number of non-ortho nitro benzene ring substituents is 1. The summed E-state index contributed by atoms with van der Waals surface area (Å²) in [5, 5.41) is 34.9. The number of pyridine rings is 1. The average molecular weight is 656 g/mol. The summed E-state index contributed by atoms with van der Waals surface area (Å²) < 4.78 is 65.6. The van der Waals surface area contributed by atoms with E-state index in [1.807, 2.05) is 13.0 Å². The Hall–Kier alpha value is -6.03. The molecule has 0 saturated heterocycles. The first-order chi connectivity index (χ1) is 22.4. The van der Waals surface area contributed by atoms with Gasteiger partial charge in [0.1, 0.15) is 17.5 Å². The van der Waals surface area contributed by atoms with Gasteiger partial charge in [0.15, 0.2) is 11.6 Å². The van der Waals surface area contributed by atoms with Crippen molar-refractivity contribution in [3.8, 4) is 17.8 Å². The molecule has 0 fully saturated rings. The normalized spacial score (nSPS) is 11.3. The predicted octanol–water partition coefficient (Wildman–Crippen LogP) is 6.88. The molecule has 47 heavy (non-hydrogen) atoms. The van der Waals surface area contributed by atoms with Crippen molar-refractivity contribution in [2.45, 2.75) is 26.4 Å². The van der Waals surface area contributed by atoms with Gasteiger partial charge < -0.3 is 25.8 Å². The first-order valence-electron chi connectivity index (χ1n) is 13.6. The number of azo groups is 1. The molecule has 0 radical (unpaired) electrons. The van der Waals surface area contributed by atoms with Crippen molar-refractivity contribution in [2.75, 3.05) is 36.1 Å². The lowest BCUT2D eigenvalue weighted by Gasteiger charge is -2.16. The number of ether oxygens (including phenoxy) is 2. The van der Waals surface area contributed by atoms with Gasteiger partial charge in [0.2, 0.25) is 5.95 Å². The van der Waals surface area contributed by atoms with E-state index in [4.69, 9.17) is 15.2 Å². The van der Waals surface area contributed by atoms with Crippen LogP contribution in [0.2, 0.25) is 0 Å². The molecule has 15 nitrogen and oxygen atoms in total. The fourth-order valence-corrected chi connectivity index (χ4v) is 4.02. The van der Waals surface area contributed by atoms with E-state index >= 15 is 0 Å². The minimum atomic E-state index is -4.97. The van der Waals surface area contributed by atoms with Crippen molar-refractivity contribution < 1.29 is 32.0 Å². The van der Waals surface area contributed by atoms with E-state index in [1.165, 1.54) is 19.1 Å². The van der Waals surface area contributed by atoms with Crippen LogP contribution >= 0.6 is 0 Å². The lowest BCUT2D eigenvalue weighted by molar-refractivity contribution is -0.385. The maximum atomic E-state index is 13.8. The highest BCUT2D eigenvalue weighted by Crippen LogP contribution is 2.41. The fourth-order valence-electron chi connectivity index (χ4n) is 4.02. The Morgan fingerprint density at radius 2 is 1.89 bits per heavy atom. The average Bonchev–Trinajstić information content (AvgIpc) is 3.00. The third kappa shape index (κ3) is 8.79. The minimum Gasteiger partial charge on any atom is -0.424 e. The number of aromatic nitrogens is 4. The zero-order valence-corrected chi connectivity index (χ0v) is 24.7. The number of halogens is 4. The number of nitrogens with one attached hydrogen (secondary N) is 2. The standard InChI is InChI=1S/C28H25F4N11O4/c1-3-46-11-5-10-35-24-22(42-41-21-9-8-17(43(44)45)13-20(21)28(30,31)32)15(2)19(14-33)23(37-24)36-16-6-4-7-18(12-16)47-27-39-25(29)38-26(34)40-27/h4,6-9,12-13H,3,5,10-11H2,1-2H3,(H2,35,36,37)(H2,34,38,39,40). The molecule has 0 atom stereocenters. The van der Waals surface area contributed by atoms with Gasteiger partial charge in [-0.3, -0.25) is 10.1 Å². The van der Waals surface area contributed by atoms with Crippen molar-refractivity contribution >= 4 is 40.3 Å². The molecule has 19 heteroatoms. The molecule has 0 aliphatic heterocycles. The van der Waals surface area contributed by atoms with Crippen LogP contribution < -0.4 is 21.1 Å². The number of hydrogen-bond donors (Lipinski definition) is 3. The van der Waals surface area contributed by atoms with Crippen molar-refractivity contribution in [1.29, 1.82) is 5.26 Å². The number of nitrogen functional groups attached to an aromatic ring is 1. The summed E-state index contributed by atoms with van der Waals surface area (Å²) in [4.78, 5) is 25.0. The van der Waals surface area contributed by atoms with Crippen LogP contribution in [-0.2, 0) is 10.9 Å². The number of anilines is 4. The molecule has 0 unspecified atom stereocenters. The highest BCUT2D eigenvalue weighted by molar-refractivity contribution is 5.77. The molecular weight excluding hydrogens is 630 g/mol. The first kappa shape index (κ1) is 33.9. The number of benzene rings is 2. The molecule has 2 heterocycles. The largest absolute Gasteiger partial charge is 0.424 e. The maximum Gasteiger partial charge on any atom is 0.418 e. The summed E-state index contributed by atoms with van der Waals surface area (Å²) in [7, 11) is 0. The molecule has 2 aromatic carbocycles. The topological polar surface area (TPSA) is 212 Å². The Bertz CT molecular complexity index is 1830. The molecule has 4 rings (SSSR count). The number of nitro groups is 1. The molecule has 0 bridgehead atoms. The van der Waals surface area contributed by atoms with Crippen molar-refractivity contribution in [2.24, 2.45) is 10.2 Å². The molecule has 4 N–H and O–H groups in total. The summed E-state index contributed by atoms with van der Waals surface area (Å²) in [5.41, 5.74) is 3.14. The molecule has 0 aliphatic rings. The molecule has 244 valence electrons. The van der Waals surface area contributed by atoms with E-state index in [-0.39, 0.29) is 40.1 Å². The number of hydrogen-bond acceptors (Lipinski definition) is 14. The van der Waals surface area contributed by atoms with E-state index < -0.39 is 40.1 Å². The van der Waals surface area contributed by atoms with Crippen LogP contribution in [0.1, 0.15) is 30.0 Å². The van der Waals surface area contributed by atoms with Crippen LogP contribution in [-0.4, -0.2) is 44.6 Å². The molecule has 4 aromatic rings. The van der Waals surface area contributed by atoms with Gasteiger partial charge >= 0.3 is 18.3 Å². The minimum absolute atomic E-state index is 0.0165. The Balaban J connectivity index is 1.72. The van der Waals surface area contributed by atoms with E-state index in [0.29, 0.717) is 37.9 Å². The Kier molecular flexibility index (Phi) is 10.7. The predicted molar refractivity (Wildman–Crippen MR) is 160 cm³/mol. The van der Waals surface area contributed by atoms with E-state index in [0.717, 1.165) is 12.1 Å². The molecule has 2 aromatic heterocycles. The summed E-state index contributed by atoms with van der Waals surface area (Å²) in [6, 6.07) is 9.88. The quantitative estimate of drug-likeness (QED) is 0.0442. The SMILES string of the molecule is CCOCCCNc1nc(Nc2cccc(Oc3nc(N)nc(F)n3)c2)c(C#N)c(C)c1N=Nc1ccc([N+](=O)[O-])cc1C(F)(F)F. The Morgan fingerprint density at radius 1 is 1.11 bits per heavy atom. The van der Waals surface area contributed by atoms with E-state index in [1.54, 1.807) is 12.1 Å². The highest BCUT2D eigenvalue weighted by Gasteiger charge is 2.35. The second-order valence-electron chi connectivity index (χ2n) is 9.40. The number of nitriles is 1. The van der Waals surface area contributed by atoms with Crippen LogP contribution in [0, 0.1) is 34.4 Å². The third-order valence-electron chi connectivity index (χ3n) is 6.15. The Morgan fingerprint density at radius 3 is 2.57 bits per heavy atom. The summed E-state index contributed by atoms with van der Waals surface area (Å²) >= 11 is 0. The zero-order valence-electron chi connectivity index (χ0n) is 24.7. The van der Waals surface area contributed by atoms with Gasteiger partial charge in [-0.15, -0.1) is 15.2 Å². The number of rotatable bonds is 13. The fraction of sp³-hybridized carbons (Fsp3) is 0.250. The zero-order chi connectivity index (χ0) is 34.1. The second kappa shape index (κ2) is 14.8. The van der Waals surface area contributed by atoms with Crippen LogP contribution in [0.25, 0.3) is 0 Å². The third-order valence-corrected chi connectivity index (χ3v) is 6.15. The Labute approximate surface area is 263 Å². The van der Waals surface area contributed by atoms with Crippen molar-refractivity contribution in [3.63, 3.8) is 0 Å². The van der Waals surface area contributed by atoms with Gasteiger partial charge in [0.25, 0.3) is 5.69 Å². The van der Waals surface area contributed by atoms with Gasteiger partial charge in [0, 0.05) is 49.2 Å². The molecule has 0 spiro atoms. The maximum absolute atomic E-state index is 13.8. The van der Waals surface area contributed by atoms with Gasteiger partial charge in [-0.1, -0.05) is 6.07 Å². The van der Waals surface area contributed by atoms with E-state index in [2.05, 4.69) is 40.8 Å². The van der Waals surface area contributed by atoms with Gasteiger partial charge in [-0.05, 0) is 38.5 Å². The number of nitro benzene ring substituents is 1. The van der Waals surface area contributed by atoms with Gasteiger partial charge in [-0.25, -0.2) is 4.98 Å². The van der Waals surface area contributed by atoms with Gasteiger partial charge in [0.05, 0.1) is 21.7 Å². The van der Waals surface area contributed by atoms with Crippen LogP contribution in [0.15, 0.2) is 52.7 Å². The van der Waals surface area contributed by atoms with Crippen LogP contribution in [0.3, 0.4) is 0 Å². The van der Waals surface area contributed by atoms with Crippen molar-refractivity contribution in [1.82, 2.24) is 19.9 Å². The number of nitrogens with two attached hydrogens (primary N) is 1. The monoisotopic (exact) mass is 655 g/mol. The number of nitrogens with zero attached hydrogens (tertiary/aromatic N) is 8. The first-order valence-corrected chi connectivity index (χ1v) is 13.6. The molecule has 0 aliphatic carbocycles. The summed E-state index contributed by atoms with van der Waals surface area (Å²) in [6.45, 7) is 4.55. The van der Waals surface area contributed by atoms with Crippen molar-refractivity contribution in [3.05, 3.63) is 75.3 Å². The number of alkyl halides is 3. The lowest BCUT2D eigenvalue weighted by atomic mass is 10.1. The summed E-state index contributed by atoms with van der Waals surface area (Å²) in [5.74, 6) is -0.0984. The second-order valence-corrected chi connectivity index (χ2v) is 9.40. The molecule has 0 saturated carbocycles. The van der Waals surface area contributed by atoms with E-state index in [9.17, 15) is 32.9 Å². The van der Waals surface area contributed by atoms with Crippen LogP contribution in [0.4, 0.5) is 57.9 Å².